The van der Waals surface area contributed by atoms with E-state index in [0.717, 1.165) is 31.6 Å². The van der Waals surface area contributed by atoms with Gasteiger partial charge in [0.15, 0.2) is 0 Å². The van der Waals surface area contributed by atoms with E-state index in [-0.39, 0.29) is 23.7 Å². The lowest BCUT2D eigenvalue weighted by atomic mass is 10.0. The summed E-state index contributed by atoms with van der Waals surface area (Å²) in [5, 5.41) is 5.92. The highest BCUT2D eigenvalue weighted by Gasteiger charge is 2.24. The average Bonchev–Trinajstić information content (AvgIpc) is 3.32. The van der Waals surface area contributed by atoms with E-state index < -0.39 is 0 Å². The van der Waals surface area contributed by atoms with Crippen molar-refractivity contribution in [2.45, 2.75) is 25.4 Å². The van der Waals surface area contributed by atoms with Crippen molar-refractivity contribution in [3.63, 3.8) is 0 Å². The molecule has 1 aliphatic heterocycles. The van der Waals surface area contributed by atoms with Gasteiger partial charge in [-0.2, -0.15) is 0 Å². The van der Waals surface area contributed by atoms with Gasteiger partial charge in [0, 0.05) is 30.4 Å². The van der Waals surface area contributed by atoms with E-state index in [9.17, 15) is 14.0 Å². The molecule has 6 nitrogen and oxygen atoms in total. The molecule has 1 saturated heterocycles. The summed E-state index contributed by atoms with van der Waals surface area (Å²) in [7, 11) is 0. The van der Waals surface area contributed by atoms with Crippen LogP contribution in [-0.4, -0.2) is 30.9 Å². The highest BCUT2D eigenvalue weighted by molar-refractivity contribution is 5.99. The molecule has 2 heterocycles. The van der Waals surface area contributed by atoms with E-state index >= 15 is 0 Å². The second-order valence-electron chi connectivity index (χ2n) is 7.52. The maximum Gasteiger partial charge on any atom is 0.253 e. The fourth-order valence-electron chi connectivity index (χ4n) is 3.75. The number of benzene rings is 2. The molecule has 160 valence electrons. The van der Waals surface area contributed by atoms with Crippen LogP contribution in [0.2, 0.25) is 0 Å². The molecule has 0 atom stereocenters. The van der Waals surface area contributed by atoms with Gasteiger partial charge in [0.05, 0.1) is 18.4 Å². The van der Waals surface area contributed by atoms with Gasteiger partial charge >= 0.3 is 0 Å². The zero-order chi connectivity index (χ0) is 21.6. The van der Waals surface area contributed by atoms with Gasteiger partial charge in [-0.25, -0.2) is 4.39 Å². The van der Waals surface area contributed by atoms with Crippen molar-refractivity contribution in [1.82, 2.24) is 10.6 Å². The number of hydrogen-bond acceptors (Lipinski definition) is 4. The fraction of sp³-hybridized carbons (Fsp3) is 0.250. The maximum atomic E-state index is 13.1. The Kier molecular flexibility index (Phi) is 6.31. The Bertz CT molecular complexity index is 1030. The SMILES string of the molecule is O=C(NC1CCN(c2ccccc2C(=O)NCc2ccco2)CC1)c1ccc(F)cc1. The van der Waals surface area contributed by atoms with Crippen LogP contribution in [0.3, 0.4) is 0 Å². The van der Waals surface area contributed by atoms with Crippen molar-refractivity contribution in [2.75, 3.05) is 18.0 Å². The van der Waals surface area contributed by atoms with E-state index in [2.05, 4.69) is 15.5 Å². The Balaban J connectivity index is 1.35. The van der Waals surface area contributed by atoms with Crippen LogP contribution in [-0.2, 0) is 6.54 Å². The first kappa shape index (κ1) is 20.7. The van der Waals surface area contributed by atoms with Crippen molar-refractivity contribution in [2.24, 2.45) is 0 Å². The minimum absolute atomic E-state index is 0.0359. The van der Waals surface area contributed by atoms with Crippen LogP contribution < -0.4 is 15.5 Å². The van der Waals surface area contributed by atoms with Gasteiger partial charge in [-0.05, 0) is 61.4 Å². The van der Waals surface area contributed by atoms with E-state index in [0.29, 0.717) is 23.4 Å². The molecule has 7 heteroatoms. The van der Waals surface area contributed by atoms with Crippen molar-refractivity contribution in [3.05, 3.63) is 89.6 Å². The smallest absolute Gasteiger partial charge is 0.253 e. The lowest BCUT2D eigenvalue weighted by Gasteiger charge is -2.35. The van der Waals surface area contributed by atoms with Crippen LogP contribution in [0, 0.1) is 5.82 Å². The quantitative estimate of drug-likeness (QED) is 0.636. The monoisotopic (exact) mass is 421 g/mol. The minimum Gasteiger partial charge on any atom is -0.467 e. The maximum absolute atomic E-state index is 13.1. The molecule has 1 fully saturated rings. The number of para-hydroxylation sites is 1. The summed E-state index contributed by atoms with van der Waals surface area (Å²) in [6.45, 7) is 1.77. The predicted molar refractivity (Wildman–Crippen MR) is 115 cm³/mol. The molecule has 0 aliphatic carbocycles. The van der Waals surface area contributed by atoms with Gasteiger partial charge < -0.3 is 20.0 Å². The van der Waals surface area contributed by atoms with Crippen LogP contribution in [0.4, 0.5) is 10.1 Å². The van der Waals surface area contributed by atoms with Crippen molar-refractivity contribution in [1.29, 1.82) is 0 Å². The van der Waals surface area contributed by atoms with Crippen LogP contribution in [0.5, 0.6) is 0 Å². The summed E-state index contributed by atoms with van der Waals surface area (Å²) in [6, 6.07) is 16.7. The largest absolute Gasteiger partial charge is 0.467 e. The zero-order valence-electron chi connectivity index (χ0n) is 17.0. The number of nitrogens with one attached hydrogen (secondary N) is 2. The standard InChI is InChI=1S/C24H24FN3O3/c25-18-9-7-17(8-10-18)23(29)27-19-11-13-28(14-12-19)22-6-2-1-5-21(22)24(30)26-16-20-4-3-15-31-20/h1-10,15,19H,11-14,16H2,(H,26,30)(H,27,29). The molecule has 4 rings (SSSR count). The predicted octanol–water partition coefficient (Wildman–Crippen LogP) is 3.75. The Morgan fingerprint density at radius 1 is 0.968 bits per heavy atom. The van der Waals surface area contributed by atoms with E-state index in [4.69, 9.17) is 4.42 Å². The van der Waals surface area contributed by atoms with Crippen molar-refractivity contribution in [3.8, 4) is 0 Å². The normalized spacial score (nSPS) is 14.3. The number of hydrogen-bond donors (Lipinski definition) is 2. The molecule has 0 saturated carbocycles. The molecule has 3 aromatic rings. The Morgan fingerprint density at radius 2 is 1.71 bits per heavy atom. The van der Waals surface area contributed by atoms with Crippen LogP contribution >= 0.6 is 0 Å². The molecule has 31 heavy (non-hydrogen) atoms. The highest BCUT2D eigenvalue weighted by atomic mass is 19.1. The van der Waals surface area contributed by atoms with Crippen LogP contribution in [0.15, 0.2) is 71.3 Å². The minimum atomic E-state index is -0.364. The first-order chi connectivity index (χ1) is 15.1. The van der Waals surface area contributed by atoms with E-state index in [1.165, 1.54) is 24.3 Å². The second-order valence-corrected chi connectivity index (χ2v) is 7.52. The number of rotatable bonds is 6. The second kappa shape index (κ2) is 9.47. The summed E-state index contributed by atoms with van der Waals surface area (Å²) in [4.78, 5) is 27.3. The van der Waals surface area contributed by atoms with Crippen molar-refractivity contribution < 1.29 is 18.4 Å². The number of furan rings is 1. The molecule has 0 spiro atoms. The highest BCUT2D eigenvalue weighted by Crippen LogP contribution is 2.24. The molecule has 1 aromatic heterocycles. The number of amides is 2. The van der Waals surface area contributed by atoms with Crippen molar-refractivity contribution >= 4 is 17.5 Å². The van der Waals surface area contributed by atoms with Gasteiger partial charge in [0.2, 0.25) is 0 Å². The summed E-state index contributed by atoms with van der Waals surface area (Å²) >= 11 is 0. The van der Waals surface area contributed by atoms with Gasteiger partial charge in [-0.15, -0.1) is 0 Å². The molecular formula is C24H24FN3O3. The number of piperidine rings is 1. The summed E-state index contributed by atoms with van der Waals surface area (Å²) in [6.07, 6.45) is 3.10. The molecule has 0 unspecified atom stereocenters. The first-order valence-corrected chi connectivity index (χ1v) is 10.3. The molecule has 2 N–H and O–H groups in total. The third-order valence-electron chi connectivity index (χ3n) is 5.43. The third-order valence-corrected chi connectivity index (χ3v) is 5.43. The third kappa shape index (κ3) is 5.12. The number of carbonyl (C=O) groups excluding carboxylic acids is 2. The molecular weight excluding hydrogens is 397 g/mol. The van der Waals surface area contributed by atoms with Gasteiger partial charge in [-0.1, -0.05) is 12.1 Å². The topological polar surface area (TPSA) is 74.6 Å². The molecule has 1 aliphatic rings. The molecule has 0 bridgehead atoms. The summed E-state index contributed by atoms with van der Waals surface area (Å²) in [5.74, 6) is -0.0184. The Labute approximate surface area is 180 Å². The average molecular weight is 421 g/mol. The lowest BCUT2D eigenvalue weighted by Crippen LogP contribution is -2.45. The Morgan fingerprint density at radius 3 is 2.42 bits per heavy atom. The summed E-state index contributed by atoms with van der Waals surface area (Å²) < 4.78 is 18.3. The number of anilines is 1. The fourth-order valence-corrected chi connectivity index (χ4v) is 3.75. The number of halogens is 1. The van der Waals surface area contributed by atoms with Gasteiger partial charge in [-0.3, -0.25) is 9.59 Å². The van der Waals surface area contributed by atoms with Gasteiger partial charge in [0.25, 0.3) is 11.8 Å². The Hall–Kier alpha value is -3.61. The first-order valence-electron chi connectivity index (χ1n) is 10.3. The molecule has 2 amide bonds. The molecule has 2 aromatic carbocycles. The lowest BCUT2D eigenvalue weighted by molar-refractivity contribution is 0.0929. The van der Waals surface area contributed by atoms with Crippen LogP contribution in [0.1, 0.15) is 39.3 Å². The number of nitrogens with zero attached hydrogens (tertiary/aromatic N) is 1. The van der Waals surface area contributed by atoms with Gasteiger partial charge in [0.1, 0.15) is 11.6 Å². The zero-order valence-corrected chi connectivity index (χ0v) is 17.0. The van der Waals surface area contributed by atoms with Crippen LogP contribution in [0.25, 0.3) is 0 Å². The van der Waals surface area contributed by atoms with E-state index in [1.54, 1.807) is 12.3 Å². The number of carbonyl (C=O) groups is 2. The molecule has 0 radical (unpaired) electrons. The summed E-state index contributed by atoms with van der Waals surface area (Å²) in [5.41, 5.74) is 1.94. The van der Waals surface area contributed by atoms with E-state index in [1.807, 2.05) is 30.3 Å².